The van der Waals surface area contributed by atoms with Crippen LogP contribution in [0.4, 0.5) is 5.69 Å². The van der Waals surface area contributed by atoms with E-state index in [-0.39, 0.29) is 24.0 Å². The third-order valence-electron chi connectivity index (χ3n) is 3.62. The fraction of sp³-hybridized carbons (Fsp3) is 0.316. The van der Waals surface area contributed by atoms with Crippen molar-refractivity contribution in [3.8, 4) is 11.5 Å². The molecule has 0 fully saturated rings. The first kappa shape index (κ1) is 21.1. The van der Waals surface area contributed by atoms with Crippen LogP contribution in [0.15, 0.2) is 41.4 Å². The first-order valence-electron chi connectivity index (χ1n) is 7.88. The number of hydrogen-bond acceptors (Lipinski definition) is 3. The SMILES string of the molecule is COc1ccc(CCN=C(N)Nc2cc(C)cc(C)c2)cc1OC.I. The van der Waals surface area contributed by atoms with Gasteiger partial charge in [0, 0.05) is 12.2 Å². The summed E-state index contributed by atoms with van der Waals surface area (Å²) in [6, 6.07) is 12.1. The van der Waals surface area contributed by atoms with Crippen molar-refractivity contribution in [1.29, 1.82) is 0 Å². The molecule has 2 rings (SSSR count). The number of hydrogen-bond donors (Lipinski definition) is 2. The number of aryl methyl sites for hydroxylation is 2. The predicted octanol–water partition coefficient (Wildman–Crippen LogP) is 3.91. The Morgan fingerprint density at radius 3 is 2.24 bits per heavy atom. The Hall–Kier alpha value is -1.96. The van der Waals surface area contributed by atoms with Gasteiger partial charge in [0.05, 0.1) is 14.2 Å². The van der Waals surface area contributed by atoms with E-state index in [2.05, 4.69) is 30.2 Å². The van der Waals surface area contributed by atoms with Crippen LogP contribution in [0.1, 0.15) is 16.7 Å². The maximum absolute atomic E-state index is 5.97. The Labute approximate surface area is 166 Å². The second-order valence-electron chi connectivity index (χ2n) is 5.71. The zero-order valence-corrected chi connectivity index (χ0v) is 17.5. The monoisotopic (exact) mass is 455 g/mol. The van der Waals surface area contributed by atoms with Crippen molar-refractivity contribution in [3.63, 3.8) is 0 Å². The van der Waals surface area contributed by atoms with Gasteiger partial charge in [-0.15, -0.1) is 24.0 Å². The van der Waals surface area contributed by atoms with Gasteiger partial charge in [-0.3, -0.25) is 4.99 Å². The maximum Gasteiger partial charge on any atom is 0.193 e. The molecule has 0 aliphatic carbocycles. The number of anilines is 1. The summed E-state index contributed by atoms with van der Waals surface area (Å²) in [5.41, 5.74) is 10.4. The average Bonchev–Trinajstić information content (AvgIpc) is 2.53. The quantitative estimate of drug-likeness (QED) is 0.394. The molecule has 3 N–H and O–H groups in total. The number of nitrogens with zero attached hydrogens (tertiary/aromatic N) is 1. The zero-order valence-electron chi connectivity index (χ0n) is 15.1. The van der Waals surface area contributed by atoms with Crippen LogP contribution in [0, 0.1) is 13.8 Å². The second kappa shape index (κ2) is 10.1. The Morgan fingerprint density at radius 1 is 1.00 bits per heavy atom. The number of nitrogens with two attached hydrogens (primary N) is 1. The molecule has 0 spiro atoms. The molecule has 2 aromatic rings. The lowest BCUT2D eigenvalue weighted by Crippen LogP contribution is -2.23. The minimum Gasteiger partial charge on any atom is -0.493 e. The molecular formula is C19H26IN3O2. The molecule has 0 heterocycles. The molecule has 25 heavy (non-hydrogen) atoms. The van der Waals surface area contributed by atoms with E-state index < -0.39 is 0 Å². The van der Waals surface area contributed by atoms with Gasteiger partial charge in [-0.2, -0.15) is 0 Å². The predicted molar refractivity (Wildman–Crippen MR) is 115 cm³/mol. The molecule has 0 aliphatic rings. The van der Waals surface area contributed by atoms with Gasteiger partial charge in [0.2, 0.25) is 0 Å². The number of ether oxygens (including phenoxy) is 2. The maximum atomic E-state index is 5.97. The van der Waals surface area contributed by atoms with Crippen molar-refractivity contribution >= 4 is 35.6 Å². The molecule has 0 atom stereocenters. The highest BCUT2D eigenvalue weighted by molar-refractivity contribution is 14.0. The van der Waals surface area contributed by atoms with E-state index in [1.54, 1.807) is 14.2 Å². The largest absolute Gasteiger partial charge is 0.493 e. The van der Waals surface area contributed by atoms with E-state index in [4.69, 9.17) is 15.2 Å². The van der Waals surface area contributed by atoms with Gasteiger partial charge in [0.1, 0.15) is 0 Å². The van der Waals surface area contributed by atoms with Crippen molar-refractivity contribution in [2.45, 2.75) is 20.3 Å². The molecule has 0 radical (unpaired) electrons. The average molecular weight is 455 g/mol. The zero-order chi connectivity index (χ0) is 17.5. The fourth-order valence-electron chi connectivity index (χ4n) is 2.58. The number of rotatable bonds is 6. The Morgan fingerprint density at radius 2 is 1.64 bits per heavy atom. The minimum absolute atomic E-state index is 0. The van der Waals surface area contributed by atoms with Crippen molar-refractivity contribution < 1.29 is 9.47 Å². The Kier molecular flexibility index (Phi) is 8.54. The Bertz CT molecular complexity index is 712. The van der Waals surface area contributed by atoms with Crippen LogP contribution >= 0.6 is 24.0 Å². The Balaban J connectivity index is 0.00000312. The molecule has 0 aromatic heterocycles. The van der Waals surface area contributed by atoms with Crippen LogP contribution in [0.25, 0.3) is 0 Å². The summed E-state index contributed by atoms with van der Waals surface area (Å²) in [5.74, 6) is 1.86. The summed E-state index contributed by atoms with van der Waals surface area (Å²) in [6.07, 6.45) is 0.773. The molecule has 0 amide bonds. The number of halogens is 1. The third-order valence-corrected chi connectivity index (χ3v) is 3.62. The van der Waals surface area contributed by atoms with Crippen molar-refractivity contribution in [3.05, 3.63) is 53.1 Å². The van der Waals surface area contributed by atoms with Crippen molar-refractivity contribution in [1.82, 2.24) is 0 Å². The summed E-state index contributed by atoms with van der Waals surface area (Å²) >= 11 is 0. The molecule has 0 aliphatic heterocycles. The molecule has 6 heteroatoms. The van der Waals surface area contributed by atoms with Gasteiger partial charge in [0.25, 0.3) is 0 Å². The number of aliphatic imine (C=N–C) groups is 1. The van der Waals surface area contributed by atoms with Gasteiger partial charge in [-0.25, -0.2) is 0 Å². The van der Waals surface area contributed by atoms with E-state index in [1.807, 2.05) is 30.3 Å². The second-order valence-corrected chi connectivity index (χ2v) is 5.71. The molecule has 0 saturated carbocycles. The van der Waals surface area contributed by atoms with Gasteiger partial charge < -0.3 is 20.5 Å². The lowest BCUT2D eigenvalue weighted by atomic mass is 10.1. The number of benzene rings is 2. The highest BCUT2D eigenvalue weighted by atomic mass is 127. The van der Waals surface area contributed by atoms with Crippen LogP contribution in [0.5, 0.6) is 11.5 Å². The van der Waals surface area contributed by atoms with Crippen LogP contribution in [-0.4, -0.2) is 26.7 Å². The molecule has 0 unspecified atom stereocenters. The van der Waals surface area contributed by atoms with Crippen LogP contribution in [-0.2, 0) is 6.42 Å². The number of methoxy groups -OCH3 is 2. The normalized spacial score (nSPS) is 10.8. The third kappa shape index (κ3) is 6.45. The summed E-state index contributed by atoms with van der Waals surface area (Å²) in [7, 11) is 3.26. The first-order chi connectivity index (χ1) is 11.5. The molecule has 136 valence electrons. The highest BCUT2D eigenvalue weighted by Gasteiger charge is 2.04. The van der Waals surface area contributed by atoms with Crippen molar-refractivity contribution in [2.24, 2.45) is 10.7 Å². The van der Waals surface area contributed by atoms with Gasteiger partial charge >= 0.3 is 0 Å². The molecule has 2 aromatic carbocycles. The van der Waals surface area contributed by atoms with E-state index in [0.29, 0.717) is 12.5 Å². The highest BCUT2D eigenvalue weighted by Crippen LogP contribution is 2.27. The van der Waals surface area contributed by atoms with E-state index >= 15 is 0 Å². The molecule has 5 nitrogen and oxygen atoms in total. The van der Waals surface area contributed by atoms with Crippen LogP contribution in [0.3, 0.4) is 0 Å². The van der Waals surface area contributed by atoms with E-state index in [0.717, 1.165) is 29.2 Å². The lowest BCUT2D eigenvalue weighted by molar-refractivity contribution is 0.354. The summed E-state index contributed by atoms with van der Waals surface area (Å²) < 4.78 is 10.5. The summed E-state index contributed by atoms with van der Waals surface area (Å²) in [6.45, 7) is 4.71. The van der Waals surface area contributed by atoms with Crippen LogP contribution in [0.2, 0.25) is 0 Å². The minimum atomic E-state index is 0. The van der Waals surface area contributed by atoms with E-state index in [9.17, 15) is 0 Å². The van der Waals surface area contributed by atoms with Gasteiger partial charge in [0.15, 0.2) is 17.5 Å². The molecule has 0 saturated heterocycles. The first-order valence-corrected chi connectivity index (χ1v) is 7.88. The number of nitrogens with one attached hydrogen (secondary N) is 1. The van der Waals surface area contributed by atoms with Crippen molar-refractivity contribution in [2.75, 3.05) is 26.1 Å². The smallest absolute Gasteiger partial charge is 0.193 e. The van der Waals surface area contributed by atoms with Gasteiger partial charge in [-0.1, -0.05) is 12.1 Å². The summed E-state index contributed by atoms with van der Waals surface area (Å²) in [4.78, 5) is 4.38. The van der Waals surface area contributed by atoms with E-state index in [1.165, 1.54) is 11.1 Å². The fourth-order valence-corrected chi connectivity index (χ4v) is 2.58. The van der Waals surface area contributed by atoms with Gasteiger partial charge in [-0.05, 0) is 61.2 Å². The number of guanidine groups is 1. The molecular weight excluding hydrogens is 429 g/mol. The summed E-state index contributed by atoms with van der Waals surface area (Å²) in [5, 5.41) is 3.13. The van der Waals surface area contributed by atoms with Crippen LogP contribution < -0.4 is 20.5 Å². The topological polar surface area (TPSA) is 68.9 Å². The standard InChI is InChI=1S/C19H25N3O2.HI/c1-13-9-14(2)11-16(10-13)22-19(20)21-8-7-15-5-6-17(23-3)18(12-15)24-4;/h5-6,9-12H,7-8H2,1-4H3,(H3,20,21,22);1H. The molecule has 0 bridgehead atoms. The lowest BCUT2D eigenvalue weighted by Gasteiger charge is -2.10.